The first-order chi connectivity index (χ1) is 6.24. The Hall–Kier alpha value is -2.48. The molecular weight excluding hydrogens is 180 g/mol. The molecule has 0 heterocycles. The number of aliphatic imine (C=N–C) groups is 2. The molecule has 0 unspecified atom stereocenters. The molecule has 0 atom stereocenters. The molecule has 0 aromatic rings. The maximum Gasteiger partial charge on any atom is 0.236 e. The molecule has 8 nitrogen and oxygen atoms in total. The van der Waals surface area contributed by atoms with E-state index in [1.54, 1.807) is 0 Å². The van der Waals surface area contributed by atoms with E-state index in [0.717, 1.165) is 12.2 Å². The van der Waals surface area contributed by atoms with Crippen LogP contribution in [0.5, 0.6) is 0 Å². The highest BCUT2D eigenvalue weighted by Crippen LogP contribution is 1.61. The molecule has 0 aliphatic heterocycles. The van der Waals surface area contributed by atoms with Gasteiger partial charge in [-0.3, -0.25) is 0 Å². The molecule has 13 heavy (non-hydrogen) atoms. The summed E-state index contributed by atoms with van der Waals surface area (Å²) in [6.45, 7) is -0.160. The van der Waals surface area contributed by atoms with Crippen LogP contribution in [-0.4, -0.2) is 31.0 Å². The van der Waals surface area contributed by atoms with Gasteiger partial charge < -0.3 is 0 Å². The monoisotopic (exact) mass is 184 g/mol. The van der Waals surface area contributed by atoms with E-state index >= 15 is 0 Å². The molecule has 0 amide bonds. The fourth-order valence-corrected chi connectivity index (χ4v) is 0.0931. The minimum atomic E-state index is -0.160. The van der Waals surface area contributed by atoms with Crippen LogP contribution in [0.25, 0.3) is 0 Å². The van der Waals surface area contributed by atoms with Crippen LogP contribution in [0.3, 0.4) is 0 Å². The molecule has 0 saturated carbocycles. The van der Waals surface area contributed by atoms with Crippen molar-refractivity contribution >= 4 is 24.3 Å². The van der Waals surface area contributed by atoms with E-state index in [-0.39, 0.29) is 6.67 Å². The normalized spacial score (nSPS) is 4.31. The summed E-state index contributed by atoms with van der Waals surface area (Å²) in [6.07, 6.45) is 3.91. The molecule has 0 aliphatic carbocycles. The number of rotatable bonds is 2. The molecule has 0 aromatic heterocycles. The number of hydrogen-bond acceptors (Lipinski definition) is 8. The highest BCUT2D eigenvalue weighted by atomic mass is 16.1. The van der Waals surface area contributed by atoms with Gasteiger partial charge in [-0.2, -0.15) is 9.98 Å². The van der Waals surface area contributed by atoms with E-state index in [2.05, 4.69) is 9.98 Å². The van der Waals surface area contributed by atoms with E-state index < -0.39 is 0 Å². The van der Waals surface area contributed by atoms with Gasteiger partial charge in [0, 0.05) is 0 Å². The molecule has 0 fully saturated rings. The first kappa shape index (κ1) is 16.9. The van der Waals surface area contributed by atoms with Gasteiger partial charge in [0.15, 0.2) is 6.67 Å². The summed E-state index contributed by atoms with van der Waals surface area (Å²) in [5, 5.41) is 10.8. The molecule has 2 N–H and O–H groups in total. The summed E-state index contributed by atoms with van der Waals surface area (Å²) in [4.78, 5) is 40.9. The van der Waals surface area contributed by atoms with Crippen molar-refractivity contribution in [1.29, 1.82) is 10.8 Å². The van der Waals surface area contributed by atoms with Crippen molar-refractivity contribution in [2.75, 3.05) is 6.67 Å². The molecule has 0 aromatic carbocycles. The maximum absolute atomic E-state index is 9.20. The highest BCUT2D eigenvalue weighted by molar-refractivity contribution is 5.35. The quantitative estimate of drug-likeness (QED) is 0.437. The van der Waals surface area contributed by atoms with E-state index in [1.807, 2.05) is 0 Å². The Morgan fingerprint density at radius 3 is 1.23 bits per heavy atom. The van der Waals surface area contributed by atoms with Crippen LogP contribution in [0.15, 0.2) is 9.98 Å². The van der Waals surface area contributed by atoms with Gasteiger partial charge in [0.1, 0.15) is 0 Å². The molecule has 0 radical (unpaired) electrons. The smallest absolute Gasteiger partial charge is 0.222 e. The molecular formula is C5H4N4O4. The minimum Gasteiger partial charge on any atom is -0.222 e. The fraction of sp³-hybridized carbons (Fsp3) is 0.200. The fourth-order valence-electron chi connectivity index (χ4n) is 0.0931. The molecule has 0 bridgehead atoms. The maximum atomic E-state index is 9.20. The molecule has 0 spiro atoms. The SMILES string of the molecule is N=C=O.N=C=O.O=C=NCN=C=O. The van der Waals surface area contributed by atoms with Crippen molar-refractivity contribution in [3.05, 3.63) is 0 Å². The van der Waals surface area contributed by atoms with Gasteiger partial charge in [-0.05, 0) is 0 Å². The zero-order valence-corrected chi connectivity index (χ0v) is 6.23. The molecule has 0 aliphatic rings. The van der Waals surface area contributed by atoms with Gasteiger partial charge in [-0.1, -0.05) is 0 Å². The van der Waals surface area contributed by atoms with Crippen LogP contribution in [0.2, 0.25) is 0 Å². The van der Waals surface area contributed by atoms with E-state index in [9.17, 15) is 9.59 Å². The van der Waals surface area contributed by atoms with Crippen LogP contribution < -0.4 is 0 Å². The Kier molecular flexibility index (Phi) is 43.9. The molecule has 68 valence electrons. The highest BCUT2D eigenvalue weighted by Gasteiger charge is 1.63. The van der Waals surface area contributed by atoms with Crippen molar-refractivity contribution in [2.45, 2.75) is 0 Å². The van der Waals surface area contributed by atoms with Crippen LogP contribution in [0.1, 0.15) is 0 Å². The van der Waals surface area contributed by atoms with E-state index in [4.69, 9.17) is 20.4 Å². The Labute approximate surface area is 72.0 Å². The van der Waals surface area contributed by atoms with E-state index in [0.29, 0.717) is 0 Å². The Bertz CT molecular complexity index is 234. The zero-order chi connectivity index (χ0) is 10.9. The van der Waals surface area contributed by atoms with Crippen molar-refractivity contribution in [3.63, 3.8) is 0 Å². The minimum absolute atomic E-state index is 0.160. The summed E-state index contributed by atoms with van der Waals surface area (Å²) in [5.74, 6) is 0. The third-order valence-corrected chi connectivity index (χ3v) is 0.271. The van der Waals surface area contributed by atoms with Crippen molar-refractivity contribution < 1.29 is 19.2 Å². The summed E-state index contributed by atoms with van der Waals surface area (Å²) >= 11 is 0. The Morgan fingerprint density at radius 2 is 1.08 bits per heavy atom. The van der Waals surface area contributed by atoms with Gasteiger partial charge >= 0.3 is 0 Å². The second kappa shape index (κ2) is 33.8. The lowest BCUT2D eigenvalue weighted by Gasteiger charge is -1.63. The third kappa shape index (κ3) is 233. The van der Waals surface area contributed by atoms with Crippen LogP contribution in [-0.2, 0) is 19.2 Å². The topological polar surface area (TPSA) is 141 Å². The number of nitrogens with zero attached hydrogens (tertiary/aromatic N) is 2. The van der Waals surface area contributed by atoms with Crippen LogP contribution >= 0.6 is 0 Å². The first-order valence-corrected chi connectivity index (χ1v) is 2.40. The Morgan fingerprint density at radius 1 is 0.846 bits per heavy atom. The lowest BCUT2D eigenvalue weighted by molar-refractivity contribution is 0.559. The van der Waals surface area contributed by atoms with Gasteiger partial charge in [0.25, 0.3) is 0 Å². The lowest BCUT2D eigenvalue weighted by Crippen LogP contribution is -1.66. The predicted octanol–water partition coefficient (Wildman–Crippen LogP) is -0.583. The van der Waals surface area contributed by atoms with Crippen molar-refractivity contribution in [2.24, 2.45) is 9.98 Å². The average Bonchev–Trinajstić information content (AvgIpc) is 2.08. The molecule has 0 rings (SSSR count). The van der Waals surface area contributed by atoms with Gasteiger partial charge in [0.2, 0.25) is 24.3 Å². The molecule has 0 saturated heterocycles. The predicted molar refractivity (Wildman–Crippen MR) is 37.9 cm³/mol. The summed E-state index contributed by atoms with van der Waals surface area (Å²) in [5.41, 5.74) is 0. The van der Waals surface area contributed by atoms with E-state index in [1.165, 1.54) is 12.2 Å². The zero-order valence-electron chi connectivity index (χ0n) is 6.23. The molecule has 8 heteroatoms. The number of hydrogen-bond donors (Lipinski definition) is 2. The third-order valence-electron chi connectivity index (χ3n) is 0.271. The lowest BCUT2D eigenvalue weighted by atomic mass is 11.1. The number of isocyanates is 4. The average molecular weight is 184 g/mol. The number of nitrogens with one attached hydrogen (secondary N) is 2. The second-order valence-corrected chi connectivity index (χ2v) is 0.844. The van der Waals surface area contributed by atoms with Gasteiger partial charge in [-0.15, -0.1) is 0 Å². The number of carbonyl (C=O) groups excluding carboxylic acids is 4. The second-order valence-electron chi connectivity index (χ2n) is 0.844. The Balaban J connectivity index is -0.000000140. The van der Waals surface area contributed by atoms with Gasteiger partial charge in [0.05, 0.1) is 0 Å². The van der Waals surface area contributed by atoms with Crippen molar-refractivity contribution in [1.82, 2.24) is 0 Å². The largest absolute Gasteiger partial charge is 0.236 e. The van der Waals surface area contributed by atoms with Crippen molar-refractivity contribution in [3.8, 4) is 0 Å². The first-order valence-electron chi connectivity index (χ1n) is 2.40. The summed E-state index contributed by atoms with van der Waals surface area (Å²) in [6, 6.07) is 0. The standard InChI is InChI=1S/C3H2N2O2.2CHNO/c6-2-4-1-5-3-7;2*2-1-3/h1H2;2*2H. The summed E-state index contributed by atoms with van der Waals surface area (Å²) in [7, 11) is 0. The van der Waals surface area contributed by atoms with Crippen LogP contribution in [0.4, 0.5) is 0 Å². The summed E-state index contributed by atoms with van der Waals surface area (Å²) < 4.78 is 0. The van der Waals surface area contributed by atoms with Crippen LogP contribution in [0, 0.1) is 10.8 Å². The van der Waals surface area contributed by atoms with Gasteiger partial charge in [-0.25, -0.2) is 30.0 Å².